The number of nitrogens with zero attached hydrogens (tertiary/aromatic N) is 1. The van der Waals surface area contributed by atoms with Crippen LogP contribution in [0.25, 0.3) is 0 Å². The van der Waals surface area contributed by atoms with Crippen LogP contribution in [-0.2, 0) is 4.79 Å². The molecule has 0 radical (unpaired) electrons. The minimum Gasteiger partial charge on any atom is -0.481 e. The molecule has 4 heteroatoms. The molecule has 0 bridgehead atoms. The molecule has 0 amide bonds. The van der Waals surface area contributed by atoms with Crippen molar-refractivity contribution in [3.05, 3.63) is 35.6 Å². The Hall–Kier alpha value is -1.42. The van der Waals surface area contributed by atoms with E-state index < -0.39 is 11.9 Å². The molecule has 0 spiro atoms. The fourth-order valence-electron chi connectivity index (χ4n) is 1.76. The lowest BCUT2D eigenvalue weighted by atomic mass is 9.98. The summed E-state index contributed by atoms with van der Waals surface area (Å²) in [7, 11) is 0. The van der Waals surface area contributed by atoms with Crippen molar-refractivity contribution in [1.29, 1.82) is 0 Å². The van der Waals surface area contributed by atoms with Gasteiger partial charge in [-0.15, -0.1) is 0 Å². The molecule has 0 aromatic heterocycles. The van der Waals surface area contributed by atoms with Crippen molar-refractivity contribution in [1.82, 2.24) is 4.90 Å². The van der Waals surface area contributed by atoms with Crippen molar-refractivity contribution in [2.45, 2.75) is 19.8 Å². The Morgan fingerprint density at radius 2 is 1.82 bits per heavy atom. The molecule has 1 rings (SSSR count). The molecule has 1 atom stereocenters. The second kappa shape index (κ2) is 6.35. The number of hydrogen-bond acceptors (Lipinski definition) is 2. The monoisotopic (exact) mass is 239 g/mol. The van der Waals surface area contributed by atoms with Crippen molar-refractivity contribution in [3.8, 4) is 0 Å². The molecule has 0 saturated carbocycles. The zero-order valence-corrected chi connectivity index (χ0v) is 10.2. The minimum atomic E-state index is -0.872. The fourth-order valence-corrected chi connectivity index (χ4v) is 1.76. The molecule has 0 aliphatic carbocycles. The molecule has 94 valence electrons. The standard InChI is InChI=1S/C13H18FNO2/c1-3-15(4-2)9-12(13(16)17)10-5-7-11(14)8-6-10/h5-8,12H,3-4,9H2,1-2H3,(H,16,17). The molecule has 0 heterocycles. The molecular formula is C13H18FNO2. The zero-order valence-electron chi connectivity index (χ0n) is 10.2. The second-order valence-corrected chi connectivity index (χ2v) is 3.93. The molecule has 1 aromatic carbocycles. The molecule has 0 saturated heterocycles. The third kappa shape index (κ3) is 3.82. The first kappa shape index (κ1) is 13.6. The summed E-state index contributed by atoms with van der Waals surface area (Å²) in [5.74, 6) is -1.82. The Morgan fingerprint density at radius 3 is 2.24 bits per heavy atom. The van der Waals surface area contributed by atoms with Crippen molar-refractivity contribution in [3.63, 3.8) is 0 Å². The summed E-state index contributed by atoms with van der Waals surface area (Å²) in [6.07, 6.45) is 0. The van der Waals surface area contributed by atoms with Crippen LogP contribution in [0.3, 0.4) is 0 Å². The number of aliphatic carboxylic acids is 1. The van der Waals surface area contributed by atoms with Gasteiger partial charge in [0, 0.05) is 6.54 Å². The number of hydrogen-bond donors (Lipinski definition) is 1. The Bertz CT molecular complexity index is 360. The number of carbonyl (C=O) groups is 1. The third-order valence-corrected chi connectivity index (χ3v) is 2.91. The van der Waals surface area contributed by atoms with E-state index in [9.17, 15) is 14.3 Å². The fraction of sp³-hybridized carbons (Fsp3) is 0.462. The first-order valence-electron chi connectivity index (χ1n) is 5.79. The van der Waals surface area contributed by atoms with Crippen molar-refractivity contribution < 1.29 is 14.3 Å². The highest BCUT2D eigenvalue weighted by Gasteiger charge is 2.21. The lowest BCUT2D eigenvalue weighted by Gasteiger charge is -2.22. The van der Waals surface area contributed by atoms with Crippen LogP contribution >= 0.6 is 0 Å². The minimum absolute atomic E-state index is 0.347. The number of rotatable bonds is 6. The number of carboxylic acids is 1. The highest BCUT2D eigenvalue weighted by Crippen LogP contribution is 2.18. The number of halogens is 1. The first-order chi connectivity index (χ1) is 8.08. The van der Waals surface area contributed by atoms with Gasteiger partial charge >= 0.3 is 5.97 Å². The molecule has 0 fully saturated rings. The van der Waals surface area contributed by atoms with Gasteiger partial charge in [-0.3, -0.25) is 4.79 Å². The van der Waals surface area contributed by atoms with Gasteiger partial charge in [0.15, 0.2) is 0 Å². The Balaban J connectivity index is 2.85. The number of benzene rings is 1. The first-order valence-corrected chi connectivity index (χ1v) is 5.79. The van der Waals surface area contributed by atoms with Crippen LogP contribution < -0.4 is 0 Å². The van der Waals surface area contributed by atoms with Gasteiger partial charge in [-0.25, -0.2) is 4.39 Å². The van der Waals surface area contributed by atoms with E-state index in [0.29, 0.717) is 12.1 Å². The molecule has 1 N–H and O–H groups in total. The molecule has 1 unspecified atom stereocenters. The van der Waals surface area contributed by atoms with Crippen molar-refractivity contribution in [2.24, 2.45) is 0 Å². The van der Waals surface area contributed by atoms with Crippen LogP contribution in [0.15, 0.2) is 24.3 Å². The van der Waals surface area contributed by atoms with Gasteiger partial charge in [0.25, 0.3) is 0 Å². The van der Waals surface area contributed by atoms with Gasteiger partial charge in [0.2, 0.25) is 0 Å². The van der Waals surface area contributed by atoms with Gasteiger partial charge < -0.3 is 10.0 Å². The van der Waals surface area contributed by atoms with Crippen LogP contribution in [-0.4, -0.2) is 35.6 Å². The predicted octanol–water partition coefficient (Wildman–Crippen LogP) is 2.34. The normalized spacial score (nSPS) is 12.7. The Morgan fingerprint density at radius 1 is 1.29 bits per heavy atom. The highest BCUT2D eigenvalue weighted by molar-refractivity contribution is 5.76. The average Bonchev–Trinajstić information content (AvgIpc) is 2.32. The Labute approximate surface area is 101 Å². The summed E-state index contributed by atoms with van der Waals surface area (Å²) in [4.78, 5) is 13.3. The number of carboxylic acid groups (broad SMARTS) is 1. The third-order valence-electron chi connectivity index (χ3n) is 2.91. The molecule has 1 aromatic rings. The maximum atomic E-state index is 12.8. The van der Waals surface area contributed by atoms with E-state index >= 15 is 0 Å². The topological polar surface area (TPSA) is 40.5 Å². The molecule has 0 aliphatic heterocycles. The van der Waals surface area contributed by atoms with Crippen LogP contribution in [0.4, 0.5) is 4.39 Å². The largest absolute Gasteiger partial charge is 0.481 e. The maximum absolute atomic E-state index is 12.8. The van der Waals surface area contributed by atoms with Crippen molar-refractivity contribution in [2.75, 3.05) is 19.6 Å². The van der Waals surface area contributed by atoms with E-state index in [2.05, 4.69) is 0 Å². The number of likely N-dealkylation sites (N-methyl/N-ethyl adjacent to an activating group) is 1. The lowest BCUT2D eigenvalue weighted by Crippen LogP contribution is -2.31. The summed E-state index contributed by atoms with van der Waals surface area (Å²) in [6, 6.07) is 5.68. The van der Waals surface area contributed by atoms with E-state index in [1.54, 1.807) is 0 Å². The summed E-state index contributed by atoms with van der Waals surface area (Å²) in [6.45, 7) is 6.05. The summed E-state index contributed by atoms with van der Waals surface area (Å²) >= 11 is 0. The van der Waals surface area contributed by atoms with Gasteiger partial charge in [0.05, 0.1) is 5.92 Å². The Kier molecular flexibility index (Phi) is 5.10. The van der Waals surface area contributed by atoms with E-state index in [1.807, 2.05) is 18.7 Å². The smallest absolute Gasteiger partial charge is 0.312 e. The quantitative estimate of drug-likeness (QED) is 0.828. The summed E-state index contributed by atoms with van der Waals surface area (Å²) in [5, 5.41) is 9.22. The highest BCUT2D eigenvalue weighted by atomic mass is 19.1. The van der Waals surface area contributed by atoms with E-state index in [4.69, 9.17) is 0 Å². The lowest BCUT2D eigenvalue weighted by molar-refractivity contribution is -0.139. The van der Waals surface area contributed by atoms with Crippen molar-refractivity contribution >= 4 is 5.97 Å². The summed E-state index contributed by atoms with van der Waals surface area (Å²) in [5.41, 5.74) is 0.644. The van der Waals surface area contributed by atoms with E-state index in [-0.39, 0.29) is 5.82 Å². The molecular weight excluding hydrogens is 221 g/mol. The maximum Gasteiger partial charge on any atom is 0.312 e. The van der Waals surface area contributed by atoms with Crippen LogP contribution in [0.2, 0.25) is 0 Å². The van der Waals surface area contributed by atoms with Gasteiger partial charge in [0.1, 0.15) is 5.82 Å². The molecule has 0 aliphatic rings. The predicted molar refractivity (Wildman–Crippen MR) is 64.6 cm³/mol. The van der Waals surface area contributed by atoms with Crippen LogP contribution in [0.1, 0.15) is 25.3 Å². The zero-order chi connectivity index (χ0) is 12.8. The van der Waals surface area contributed by atoms with E-state index in [0.717, 1.165) is 13.1 Å². The van der Waals surface area contributed by atoms with E-state index in [1.165, 1.54) is 24.3 Å². The van der Waals surface area contributed by atoms with Crippen LogP contribution in [0, 0.1) is 5.82 Å². The summed E-state index contributed by atoms with van der Waals surface area (Å²) < 4.78 is 12.8. The SMILES string of the molecule is CCN(CC)CC(C(=O)O)c1ccc(F)cc1. The average molecular weight is 239 g/mol. The molecule has 17 heavy (non-hydrogen) atoms. The van der Waals surface area contributed by atoms with Crippen LogP contribution in [0.5, 0.6) is 0 Å². The van der Waals surface area contributed by atoms with Gasteiger partial charge in [-0.05, 0) is 30.8 Å². The van der Waals surface area contributed by atoms with Gasteiger partial charge in [-0.2, -0.15) is 0 Å². The second-order valence-electron chi connectivity index (χ2n) is 3.93. The van der Waals surface area contributed by atoms with Gasteiger partial charge in [-0.1, -0.05) is 26.0 Å². The molecule has 3 nitrogen and oxygen atoms in total.